The molecule has 3 rings (SSSR count). The van der Waals surface area contributed by atoms with Crippen molar-refractivity contribution in [3.05, 3.63) is 29.3 Å². The molecule has 2 aliphatic rings. The van der Waals surface area contributed by atoms with E-state index in [-0.39, 0.29) is 12.8 Å². The molecule has 2 N–H and O–H groups in total. The van der Waals surface area contributed by atoms with E-state index in [9.17, 15) is 8.78 Å². The predicted octanol–water partition coefficient (Wildman–Crippen LogP) is 2.65. The molecule has 98 valence electrons. The molecule has 1 aliphatic carbocycles. The molecule has 1 saturated carbocycles. The average Bonchev–Trinajstić information content (AvgIpc) is 2.68. The molecule has 0 saturated heterocycles. The van der Waals surface area contributed by atoms with Crippen molar-refractivity contribution in [2.24, 2.45) is 5.73 Å². The molecule has 0 spiro atoms. The number of nitrogens with two attached hydrogens (primary N) is 1. The third-order valence-corrected chi connectivity index (χ3v) is 4.18. The Morgan fingerprint density at radius 2 is 2.06 bits per heavy atom. The molecule has 1 fully saturated rings. The fourth-order valence-corrected chi connectivity index (χ4v) is 3.18. The van der Waals surface area contributed by atoms with Crippen molar-refractivity contribution in [1.82, 2.24) is 0 Å². The van der Waals surface area contributed by atoms with Crippen molar-refractivity contribution in [2.75, 3.05) is 18.0 Å². The van der Waals surface area contributed by atoms with Crippen LogP contribution in [-0.2, 0) is 12.0 Å². The minimum absolute atomic E-state index is 0.226. The van der Waals surface area contributed by atoms with Crippen LogP contribution >= 0.6 is 0 Å². The summed E-state index contributed by atoms with van der Waals surface area (Å²) in [5, 5.41) is 0. The zero-order valence-corrected chi connectivity index (χ0v) is 10.5. The fraction of sp³-hybridized carbons (Fsp3) is 0.571. The van der Waals surface area contributed by atoms with Crippen molar-refractivity contribution in [3.8, 4) is 0 Å². The second-order valence-electron chi connectivity index (χ2n) is 5.54. The van der Waals surface area contributed by atoms with E-state index in [0.717, 1.165) is 25.1 Å². The molecule has 0 bridgehead atoms. The molecule has 18 heavy (non-hydrogen) atoms. The van der Waals surface area contributed by atoms with Gasteiger partial charge in [-0.2, -0.15) is 0 Å². The first-order valence-electron chi connectivity index (χ1n) is 6.49. The molecule has 0 radical (unpaired) electrons. The number of anilines is 1. The highest BCUT2D eigenvalue weighted by molar-refractivity contribution is 5.59. The number of likely N-dealkylation sites (N-methyl/N-ethyl adjacent to an activating group) is 1. The monoisotopic (exact) mass is 252 g/mol. The molecule has 1 heterocycles. The summed E-state index contributed by atoms with van der Waals surface area (Å²) in [5.74, 6) is -2.58. The number of rotatable bonds is 2. The summed E-state index contributed by atoms with van der Waals surface area (Å²) in [6.07, 6.45) is 0.538. The summed E-state index contributed by atoms with van der Waals surface area (Å²) in [4.78, 5) is 2.30. The Hall–Kier alpha value is -1.16. The Balaban J connectivity index is 1.89. The van der Waals surface area contributed by atoms with Gasteiger partial charge in [0.1, 0.15) is 0 Å². The zero-order valence-electron chi connectivity index (χ0n) is 10.5. The van der Waals surface area contributed by atoms with Gasteiger partial charge in [0.05, 0.1) is 5.54 Å². The predicted molar refractivity (Wildman–Crippen MR) is 68.1 cm³/mol. The van der Waals surface area contributed by atoms with Gasteiger partial charge in [-0.25, -0.2) is 8.78 Å². The van der Waals surface area contributed by atoms with Crippen LogP contribution < -0.4 is 10.6 Å². The van der Waals surface area contributed by atoms with Crippen LogP contribution in [0.25, 0.3) is 0 Å². The van der Waals surface area contributed by atoms with Gasteiger partial charge in [-0.1, -0.05) is 12.1 Å². The lowest BCUT2D eigenvalue weighted by atomic mass is 9.69. The number of hydrogen-bond donors (Lipinski definition) is 1. The van der Waals surface area contributed by atoms with Crippen LogP contribution in [0.15, 0.2) is 18.2 Å². The molecule has 0 unspecified atom stereocenters. The first-order chi connectivity index (χ1) is 8.43. The molecule has 0 aromatic heterocycles. The molecule has 0 atom stereocenters. The molecule has 2 nitrogen and oxygen atoms in total. The zero-order chi connectivity index (χ0) is 13.0. The van der Waals surface area contributed by atoms with E-state index in [4.69, 9.17) is 5.73 Å². The summed E-state index contributed by atoms with van der Waals surface area (Å²) >= 11 is 0. The van der Waals surface area contributed by atoms with Gasteiger partial charge in [0.25, 0.3) is 5.92 Å². The first kappa shape index (κ1) is 11.9. The number of nitrogens with zero attached hydrogens (tertiary/aromatic N) is 1. The van der Waals surface area contributed by atoms with E-state index in [1.54, 1.807) is 0 Å². The number of fused-ring (bicyclic) bond motifs is 1. The van der Waals surface area contributed by atoms with Crippen molar-refractivity contribution in [1.29, 1.82) is 0 Å². The molecule has 1 aliphatic heterocycles. The lowest BCUT2D eigenvalue weighted by Gasteiger charge is -2.45. The summed E-state index contributed by atoms with van der Waals surface area (Å²) in [6.45, 7) is 4.13. The normalized spacial score (nSPS) is 23.7. The number of benzene rings is 1. The van der Waals surface area contributed by atoms with Crippen molar-refractivity contribution < 1.29 is 8.78 Å². The Morgan fingerprint density at radius 3 is 2.67 bits per heavy atom. The maximum atomic E-state index is 13.0. The topological polar surface area (TPSA) is 29.3 Å². The molecular formula is C14H18F2N2. The van der Waals surface area contributed by atoms with E-state index in [0.29, 0.717) is 0 Å². The summed E-state index contributed by atoms with van der Waals surface area (Å²) < 4.78 is 26.0. The lowest BCUT2D eigenvalue weighted by molar-refractivity contribution is -0.125. The van der Waals surface area contributed by atoms with Gasteiger partial charge in [-0.15, -0.1) is 0 Å². The SMILES string of the molecule is CCN1CCc2cc(C3(N)CC(F)(F)C3)ccc21. The Labute approximate surface area is 106 Å². The fourth-order valence-electron chi connectivity index (χ4n) is 3.18. The van der Waals surface area contributed by atoms with Crippen LogP contribution in [0.4, 0.5) is 14.5 Å². The number of hydrogen-bond acceptors (Lipinski definition) is 2. The van der Waals surface area contributed by atoms with E-state index >= 15 is 0 Å². The van der Waals surface area contributed by atoms with Gasteiger partial charge in [0.15, 0.2) is 0 Å². The van der Waals surface area contributed by atoms with Crippen LogP contribution in [0.2, 0.25) is 0 Å². The first-order valence-corrected chi connectivity index (χ1v) is 6.49. The highest BCUT2D eigenvalue weighted by Gasteiger charge is 2.55. The molecule has 1 aromatic carbocycles. The van der Waals surface area contributed by atoms with Gasteiger partial charge in [-0.05, 0) is 30.5 Å². The maximum Gasteiger partial charge on any atom is 0.252 e. The summed E-state index contributed by atoms with van der Waals surface area (Å²) in [5.41, 5.74) is 8.59. The highest BCUT2D eigenvalue weighted by atomic mass is 19.3. The Morgan fingerprint density at radius 1 is 1.33 bits per heavy atom. The van der Waals surface area contributed by atoms with Gasteiger partial charge >= 0.3 is 0 Å². The van der Waals surface area contributed by atoms with Crippen molar-refractivity contribution in [2.45, 2.75) is 37.6 Å². The smallest absolute Gasteiger partial charge is 0.252 e. The number of halogens is 2. The minimum atomic E-state index is -2.58. The van der Waals surface area contributed by atoms with Crippen LogP contribution in [0.5, 0.6) is 0 Å². The van der Waals surface area contributed by atoms with Gasteiger partial charge < -0.3 is 10.6 Å². The standard InChI is InChI=1S/C14H18F2N2/c1-2-18-6-5-10-7-11(3-4-12(10)18)13(17)8-14(15,16)9-13/h3-4,7H,2,5-6,8-9,17H2,1H3. The Kier molecular flexibility index (Phi) is 2.43. The molecular weight excluding hydrogens is 234 g/mol. The van der Waals surface area contributed by atoms with Crippen molar-refractivity contribution in [3.63, 3.8) is 0 Å². The second kappa shape index (κ2) is 3.67. The molecule has 4 heteroatoms. The van der Waals surface area contributed by atoms with E-state index in [1.807, 2.05) is 18.2 Å². The quantitative estimate of drug-likeness (QED) is 0.876. The third-order valence-electron chi connectivity index (χ3n) is 4.18. The largest absolute Gasteiger partial charge is 0.371 e. The van der Waals surface area contributed by atoms with Gasteiger partial charge in [0.2, 0.25) is 0 Å². The van der Waals surface area contributed by atoms with Gasteiger partial charge in [0, 0.05) is 31.6 Å². The average molecular weight is 252 g/mol. The molecule has 1 aromatic rings. The lowest BCUT2D eigenvalue weighted by Crippen LogP contribution is -2.55. The van der Waals surface area contributed by atoms with E-state index in [1.165, 1.54) is 11.3 Å². The third kappa shape index (κ3) is 1.70. The van der Waals surface area contributed by atoms with Crippen LogP contribution in [0.1, 0.15) is 30.9 Å². The van der Waals surface area contributed by atoms with E-state index in [2.05, 4.69) is 11.8 Å². The molecule has 0 amide bonds. The minimum Gasteiger partial charge on any atom is -0.371 e. The second-order valence-corrected chi connectivity index (χ2v) is 5.54. The number of alkyl halides is 2. The van der Waals surface area contributed by atoms with Crippen LogP contribution in [-0.4, -0.2) is 19.0 Å². The van der Waals surface area contributed by atoms with E-state index < -0.39 is 11.5 Å². The van der Waals surface area contributed by atoms with Gasteiger partial charge in [-0.3, -0.25) is 0 Å². The van der Waals surface area contributed by atoms with Crippen LogP contribution in [0, 0.1) is 0 Å². The van der Waals surface area contributed by atoms with Crippen molar-refractivity contribution >= 4 is 5.69 Å². The van der Waals surface area contributed by atoms with Crippen LogP contribution in [0.3, 0.4) is 0 Å². The Bertz CT molecular complexity index is 477. The summed E-state index contributed by atoms with van der Waals surface area (Å²) in [6, 6.07) is 5.98. The maximum absolute atomic E-state index is 13.0. The highest BCUT2D eigenvalue weighted by Crippen LogP contribution is 2.50. The summed E-state index contributed by atoms with van der Waals surface area (Å²) in [7, 11) is 0.